The van der Waals surface area contributed by atoms with Gasteiger partial charge in [-0.1, -0.05) is 13.8 Å². The van der Waals surface area contributed by atoms with Crippen molar-refractivity contribution in [2.45, 2.75) is 58.8 Å². The van der Waals surface area contributed by atoms with E-state index in [2.05, 4.69) is 18.7 Å². The first-order valence-corrected chi connectivity index (χ1v) is 8.87. The molecule has 0 radical (unpaired) electrons. The van der Waals surface area contributed by atoms with E-state index in [9.17, 15) is 4.79 Å². The zero-order valence-electron chi connectivity index (χ0n) is 13.1. The van der Waals surface area contributed by atoms with Gasteiger partial charge in [0.1, 0.15) is 0 Å². The maximum absolute atomic E-state index is 13.2. The molecule has 2 nitrogen and oxygen atoms in total. The molecule has 0 aromatic rings. The minimum atomic E-state index is 0.0561. The average molecular weight is 275 g/mol. The van der Waals surface area contributed by atoms with E-state index >= 15 is 0 Å². The van der Waals surface area contributed by atoms with Crippen molar-refractivity contribution < 1.29 is 4.79 Å². The summed E-state index contributed by atoms with van der Waals surface area (Å²) in [5.74, 6) is 4.90. The van der Waals surface area contributed by atoms with Crippen LogP contribution in [0.25, 0.3) is 0 Å². The zero-order chi connectivity index (χ0) is 13.9. The molecular formula is C18H29NO. The molecule has 2 heteroatoms. The summed E-state index contributed by atoms with van der Waals surface area (Å²) in [6.45, 7) is 6.76. The Kier molecular flexibility index (Phi) is 2.95. The number of amides is 1. The lowest BCUT2D eigenvalue weighted by Gasteiger charge is -2.43. The Morgan fingerprint density at radius 3 is 2.45 bits per heavy atom. The van der Waals surface area contributed by atoms with Crippen LogP contribution in [0.5, 0.6) is 0 Å². The topological polar surface area (TPSA) is 20.3 Å². The van der Waals surface area contributed by atoms with Gasteiger partial charge >= 0.3 is 0 Å². The van der Waals surface area contributed by atoms with Gasteiger partial charge in [0.05, 0.1) is 5.41 Å². The van der Waals surface area contributed by atoms with Gasteiger partial charge in [-0.2, -0.15) is 0 Å². The van der Waals surface area contributed by atoms with Crippen molar-refractivity contribution in [1.82, 2.24) is 4.90 Å². The normalized spacial score (nSPS) is 47.8. The Balaban J connectivity index is 1.55. The molecule has 2 bridgehead atoms. The fraction of sp³-hybridized carbons (Fsp3) is 0.944. The number of nitrogens with zero attached hydrogens (tertiary/aromatic N) is 1. The highest BCUT2D eigenvalue weighted by Gasteiger charge is 2.60. The highest BCUT2D eigenvalue weighted by atomic mass is 16.2. The summed E-state index contributed by atoms with van der Waals surface area (Å²) in [6, 6.07) is 0. The lowest BCUT2D eigenvalue weighted by molar-refractivity contribution is -0.144. The second-order valence-electron chi connectivity index (χ2n) is 8.63. The fourth-order valence-corrected chi connectivity index (χ4v) is 6.05. The molecule has 5 unspecified atom stereocenters. The number of rotatable bonds is 1. The van der Waals surface area contributed by atoms with Gasteiger partial charge in [0.2, 0.25) is 5.91 Å². The van der Waals surface area contributed by atoms with Crippen molar-refractivity contribution in [3.63, 3.8) is 0 Å². The molecule has 4 rings (SSSR count). The van der Waals surface area contributed by atoms with Gasteiger partial charge in [0, 0.05) is 13.1 Å². The van der Waals surface area contributed by atoms with E-state index in [1.54, 1.807) is 0 Å². The number of likely N-dealkylation sites (tertiary alicyclic amines) is 1. The molecule has 1 amide bonds. The highest BCUT2D eigenvalue weighted by molar-refractivity contribution is 5.83. The summed E-state index contributed by atoms with van der Waals surface area (Å²) in [6.07, 6.45) is 8.90. The summed E-state index contributed by atoms with van der Waals surface area (Å²) < 4.78 is 0. The Morgan fingerprint density at radius 1 is 0.950 bits per heavy atom. The monoisotopic (exact) mass is 275 g/mol. The van der Waals surface area contributed by atoms with Gasteiger partial charge in [-0.15, -0.1) is 0 Å². The first-order chi connectivity index (χ1) is 9.57. The van der Waals surface area contributed by atoms with Crippen LogP contribution in [0.2, 0.25) is 0 Å². The van der Waals surface area contributed by atoms with Gasteiger partial charge < -0.3 is 4.90 Å². The fourth-order valence-electron chi connectivity index (χ4n) is 6.05. The minimum Gasteiger partial charge on any atom is -0.342 e. The molecule has 1 saturated heterocycles. The van der Waals surface area contributed by atoms with Gasteiger partial charge in [-0.3, -0.25) is 4.79 Å². The van der Waals surface area contributed by atoms with E-state index < -0.39 is 0 Å². The molecular weight excluding hydrogens is 246 g/mol. The van der Waals surface area contributed by atoms with Crippen LogP contribution in [0, 0.1) is 35.0 Å². The van der Waals surface area contributed by atoms with E-state index in [0.29, 0.717) is 5.91 Å². The molecule has 3 saturated carbocycles. The molecule has 0 N–H and O–H groups in total. The van der Waals surface area contributed by atoms with Crippen LogP contribution in [-0.2, 0) is 4.79 Å². The lowest BCUT2D eigenvalue weighted by atomic mass is 9.63. The van der Waals surface area contributed by atoms with Crippen molar-refractivity contribution in [3.05, 3.63) is 0 Å². The second kappa shape index (κ2) is 4.48. The summed E-state index contributed by atoms with van der Waals surface area (Å²) in [4.78, 5) is 15.5. The van der Waals surface area contributed by atoms with Crippen LogP contribution in [0.15, 0.2) is 0 Å². The minimum absolute atomic E-state index is 0.0561. The number of carbonyl (C=O) groups is 1. The number of hydrogen-bond donors (Lipinski definition) is 0. The van der Waals surface area contributed by atoms with Gasteiger partial charge in [-0.25, -0.2) is 0 Å². The Bertz CT molecular complexity index is 408. The molecule has 1 aliphatic heterocycles. The molecule has 4 fully saturated rings. The number of fused-ring (bicyclic) bond motifs is 1. The van der Waals surface area contributed by atoms with Crippen LogP contribution in [0.3, 0.4) is 0 Å². The Labute approximate surface area is 123 Å². The van der Waals surface area contributed by atoms with Crippen molar-refractivity contribution in [2.24, 2.45) is 35.0 Å². The molecule has 1 heterocycles. The van der Waals surface area contributed by atoms with Gasteiger partial charge in [0.25, 0.3) is 0 Å². The zero-order valence-corrected chi connectivity index (χ0v) is 13.1. The Hall–Kier alpha value is -0.530. The summed E-state index contributed by atoms with van der Waals surface area (Å²) in [7, 11) is 0. The summed E-state index contributed by atoms with van der Waals surface area (Å²) in [5.41, 5.74) is 0.0561. The lowest BCUT2D eigenvalue weighted by Crippen LogP contribution is -2.47. The molecule has 112 valence electrons. The standard InChI is InChI=1S/C18H29NO/c1-12-3-5-19(6-4-12)17(20)18-9-13(2)7-14-8-15(10-18)16(14)11-18/h12-16H,3-11H2,1-2H3. The number of carbonyl (C=O) groups excluding carboxylic acids is 1. The van der Waals surface area contributed by atoms with Crippen molar-refractivity contribution in [3.8, 4) is 0 Å². The highest BCUT2D eigenvalue weighted by Crippen LogP contribution is 2.64. The van der Waals surface area contributed by atoms with Crippen LogP contribution in [0.4, 0.5) is 0 Å². The third kappa shape index (κ3) is 1.86. The molecule has 0 aromatic heterocycles. The van der Waals surface area contributed by atoms with Crippen molar-refractivity contribution in [2.75, 3.05) is 13.1 Å². The number of hydrogen-bond acceptors (Lipinski definition) is 1. The van der Waals surface area contributed by atoms with E-state index in [4.69, 9.17) is 0 Å². The van der Waals surface area contributed by atoms with Gasteiger partial charge in [0.15, 0.2) is 0 Å². The maximum atomic E-state index is 13.2. The third-order valence-corrected chi connectivity index (χ3v) is 7.06. The maximum Gasteiger partial charge on any atom is 0.228 e. The average Bonchev–Trinajstić information content (AvgIpc) is 2.63. The predicted octanol–water partition coefficient (Wildman–Crippen LogP) is 3.71. The summed E-state index contributed by atoms with van der Waals surface area (Å²) >= 11 is 0. The quantitative estimate of drug-likeness (QED) is 0.714. The molecule has 5 atom stereocenters. The molecule has 4 aliphatic rings. The largest absolute Gasteiger partial charge is 0.342 e. The molecule has 20 heavy (non-hydrogen) atoms. The summed E-state index contributed by atoms with van der Waals surface area (Å²) in [5, 5.41) is 0. The molecule has 3 aliphatic carbocycles. The molecule has 0 aromatic carbocycles. The van der Waals surface area contributed by atoms with Crippen LogP contribution < -0.4 is 0 Å². The number of piperidine rings is 1. The SMILES string of the molecule is CC1CCN(C(=O)C23CC(C)CC4CC(C2)C4C3)CC1. The van der Waals surface area contributed by atoms with Crippen molar-refractivity contribution in [1.29, 1.82) is 0 Å². The van der Waals surface area contributed by atoms with Crippen LogP contribution in [-0.4, -0.2) is 23.9 Å². The van der Waals surface area contributed by atoms with E-state index in [1.807, 2.05) is 0 Å². The first kappa shape index (κ1) is 13.2. The van der Waals surface area contributed by atoms with E-state index in [-0.39, 0.29) is 5.41 Å². The van der Waals surface area contributed by atoms with E-state index in [0.717, 1.165) is 42.7 Å². The smallest absolute Gasteiger partial charge is 0.228 e. The van der Waals surface area contributed by atoms with E-state index in [1.165, 1.54) is 44.9 Å². The Morgan fingerprint density at radius 2 is 1.70 bits per heavy atom. The predicted molar refractivity (Wildman–Crippen MR) is 80.1 cm³/mol. The van der Waals surface area contributed by atoms with Gasteiger partial charge in [-0.05, 0) is 74.5 Å². The second-order valence-corrected chi connectivity index (χ2v) is 8.63. The molecule has 0 spiro atoms. The first-order valence-electron chi connectivity index (χ1n) is 8.87. The third-order valence-electron chi connectivity index (χ3n) is 7.06. The van der Waals surface area contributed by atoms with Crippen molar-refractivity contribution >= 4 is 5.91 Å². The van der Waals surface area contributed by atoms with Crippen LogP contribution >= 0.6 is 0 Å². The van der Waals surface area contributed by atoms with Crippen LogP contribution in [0.1, 0.15) is 58.8 Å².